The van der Waals surface area contributed by atoms with E-state index in [4.69, 9.17) is 16.3 Å². The molecule has 1 N–H and O–H groups in total. The van der Waals surface area contributed by atoms with E-state index in [1.807, 2.05) is 6.92 Å². The van der Waals surface area contributed by atoms with Gasteiger partial charge in [-0.05, 0) is 44.6 Å². The molecule has 0 spiro atoms. The predicted octanol–water partition coefficient (Wildman–Crippen LogP) is 5.13. The second-order valence-electron chi connectivity index (χ2n) is 11.5. The Hall–Kier alpha value is -1.67. The minimum Gasteiger partial charge on any atom is -0.450 e. The van der Waals surface area contributed by atoms with Crippen molar-refractivity contribution >= 4 is 29.1 Å². The number of aliphatic hydroxyl groups is 1. The Morgan fingerprint density at radius 1 is 1.25 bits per heavy atom. The number of Topliss-reactive ketones (excluding diaryl/α,β-unsaturated/α-hetero) is 1. The number of fused-ring (bicyclic) bond motifs is 5. The van der Waals surface area contributed by atoms with Gasteiger partial charge < -0.3 is 9.84 Å². The number of allylic oxidation sites excluding steroid dienone is 4. The summed E-state index contributed by atoms with van der Waals surface area (Å²) in [5, 5.41) is 11.4. The molecule has 4 aliphatic carbocycles. The Morgan fingerprint density at radius 3 is 2.53 bits per heavy atom. The fourth-order valence-corrected chi connectivity index (χ4v) is 8.33. The number of esters is 1. The van der Waals surface area contributed by atoms with Gasteiger partial charge in [0.05, 0.1) is 12.0 Å². The summed E-state index contributed by atoms with van der Waals surface area (Å²) in [6.07, 6.45) is -0.749. The first-order chi connectivity index (χ1) is 16.8. The van der Waals surface area contributed by atoms with Crippen LogP contribution < -0.4 is 0 Å². The highest BCUT2D eigenvalue weighted by Crippen LogP contribution is 2.72. The van der Waals surface area contributed by atoms with Crippen LogP contribution in [0.15, 0.2) is 23.6 Å². The lowest BCUT2D eigenvalue weighted by molar-refractivity contribution is -0.230. The Morgan fingerprint density at radius 2 is 1.92 bits per heavy atom. The highest BCUT2D eigenvalue weighted by molar-refractivity contribution is 6.29. The molecule has 0 aromatic carbocycles. The van der Waals surface area contributed by atoms with Crippen LogP contribution in [0.5, 0.6) is 0 Å². The molecular formula is C27H34ClF3O5. The molecule has 3 fully saturated rings. The largest absolute Gasteiger partial charge is 0.450 e. The van der Waals surface area contributed by atoms with Gasteiger partial charge in [0.1, 0.15) is 6.17 Å². The van der Waals surface area contributed by atoms with Crippen LogP contribution in [0.1, 0.15) is 66.2 Å². The first-order valence-electron chi connectivity index (χ1n) is 12.7. The van der Waals surface area contributed by atoms with Crippen molar-refractivity contribution in [1.29, 1.82) is 0 Å². The summed E-state index contributed by atoms with van der Waals surface area (Å²) in [4.78, 5) is 38.2. The summed E-state index contributed by atoms with van der Waals surface area (Å²) in [5.74, 6) is -6.25. The second-order valence-corrected chi connectivity index (χ2v) is 11.7. The minimum atomic E-state index is -2.50. The summed E-state index contributed by atoms with van der Waals surface area (Å²) < 4.78 is 53.7. The fourth-order valence-electron chi connectivity index (χ4n) is 8.14. The standard InChI is InChI=1S/C27H34ClF3O5/c1-5-6-7-21(35)36-27(20(34)13-28)14(2)10-15-16-11-17(29)22-23(30)18(32)8-9-24(22,3)26(16,31)19(33)12-25(15,27)4/h8-9,14-17,19,33H,5-7,10-13H2,1-4H3/t14-,15-,16-,17-,19-,24-,25-,26-,27-/m0/s1. The van der Waals surface area contributed by atoms with Crippen molar-refractivity contribution in [3.63, 3.8) is 0 Å². The lowest BCUT2D eigenvalue weighted by Crippen LogP contribution is -2.71. The molecule has 9 atom stereocenters. The van der Waals surface area contributed by atoms with Crippen molar-refractivity contribution in [2.24, 2.45) is 28.6 Å². The zero-order valence-corrected chi connectivity index (χ0v) is 21.8. The Balaban J connectivity index is 1.85. The van der Waals surface area contributed by atoms with E-state index in [2.05, 4.69) is 0 Å². The summed E-state index contributed by atoms with van der Waals surface area (Å²) in [5.41, 5.74) is -7.91. The number of carbonyl (C=O) groups is 3. The maximum absolute atomic E-state index is 17.3. The monoisotopic (exact) mass is 530 g/mol. The highest BCUT2D eigenvalue weighted by Gasteiger charge is 2.78. The Kier molecular flexibility index (Phi) is 6.82. The third kappa shape index (κ3) is 3.28. The van der Waals surface area contributed by atoms with Crippen molar-refractivity contribution in [3.8, 4) is 0 Å². The van der Waals surface area contributed by atoms with Crippen LogP contribution in [-0.2, 0) is 19.1 Å². The lowest BCUT2D eigenvalue weighted by Gasteiger charge is -2.63. The number of unbranched alkanes of at least 4 members (excludes halogenated alkanes) is 1. The van der Waals surface area contributed by atoms with Crippen LogP contribution in [0, 0.1) is 28.6 Å². The zero-order valence-electron chi connectivity index (χ0n) is 21.1. The molecular weight excluding hydrogens is 497 g/mol. The van der Waals surface area contributed by atoms with Crippen molar-refractivity contribution in [2.45, 2.75) is 89.8 Å². The van der Waals surface area contributed by atoms with Crippen LogP contribution in [-0.4, -0.2) is 52.1 Å². The number of hydrogen-bond donors (Lipinski definition) is 1. The maximum atomic E-state index is 17.3. The van der Waals surface area contributed by atoms with Gasteiger partial charge in [-0.15, -0.1) is 11.6 Å². The molecule has 0 radical (unpaired) electrons. The number of carbonyl (C=O) groups excluding carboxylic acids is 3. The number of aliphatic hydroxyl groups excluding tert-OH is 1. The molecule has 9 heteroatoms. The van der Waals surface area contributed by atoms with Gasteiger partial charge >= 0.3 is 5.97 Å². The molecule has 0 unspecified atom stereocenters. The van der Waals surface area contributed by atoms with Gasteiger partial charge in [0.15, 0.2) is 22.9 Å². The molecule has 0 heterocycles. The first kappa shape index (κ1) is 27.4. The molecule has 0 aromatic heterocycles. The van der Waals surface area contributed by atoms with E-state index in [1.54, 1.807) is 13.8 Å². The van der Waals surface area contributed by atoms with Crippen LogP contribution in [0.4, 0.5) is 13.2 Å². The molecule has 0 bridgehead atoms. The Bertz CT molecular complexity index is 1040. The van der Waals surface area contributed by atoms with Gasteiger partial charge in [-0.2, -0.15) is 0 Å². The SMILES string of the molecule is CCCCC(=O)O[C@]1(C(=O)CCl)[C@@H](C)C[C@H]2[C@@H]3C[C@H](F)C4=C(F)C(=O)C=C[C@]4(C)[C@@]3(F)[C@@H](O)C[C@@]21C. The third-order valence-electron chi connectivity index (χ3n) is 9.79. The van der Waals surface area contributed by atoms with Gasteiger partial charge in [0, 0.05) is 34.7 Å². The molecule has 0 amide bonds. The molecule has 5 nitrogen and oxygen atoms in total. The number of ether oxygens (including phenoxy) is 1. The van der Waals surface area contributed by atoms with Crippen molar-refractivity contribution in [1.82, 2.24) is 0 Å². The maximum Gasteiger partial charge on any atom is 0.306 e. The number of alkyl halides is 3. The van der Waals surface area contributed by atoms with E-state index in [0.717, 1.165) is 12.5 Å². The molecule has 0 aromatic rings. The molecule has 4 rings (SSSR count). The number of ketones is 2. The van der Waals surface area contributed by atoms with E-state index >= 15 is 8.78 Å². The zero-order chi connectivity index (χ0) is 26.8. The predicted molar refractivity (Wildman–Crippen MR) is 127 cm³/mol. The van der Waals surface area contributed by atoms with E-state index < -0.39 is 93.4 Å². The van der Waals surface area contributed by atoms with E-state index in [-0.39, 0.29) is 19.3 Å². The highest BCUT2D eigenvalue weighted by atomic mass is 35.5. The normalized spacial score (nSPS) is 45.7. The van der Waals surface area contributed by atoms with Gasteiger partial charge in [-0.1, -0.05) is 33.3 Å². The third-order valence-corrected chi connectivity index (χ3v) is 10.0. The van der Waals surface area contributed by atoms with Gasteiger partial charge in [-0.25, -0.2) is 13.2 Å². The van der Waals surface area contributed by atoms with E-state index in [9.17, 15) is 23.9 Å². The second kappa shape index (κ2) is 8.97. The molecule has 0 aliphatic heterocycles. The Labute approximate surface area is 214 Å². The molecule has 3 saturated carbocycles. The smallest absolute Gasteiger partial charge is 0.306 e. The fraction of sp³-hybridized carbons (Fsp3) is 0.741. The van der Waals surface area contributed by atoms with Crippen LogP contribution >= 0.6 is 11.6 Å². The van der Waals surface area contributed by atoms with Crippen molar-refractivity contribution in [3.05, 3.63) is 23.6 Å². The summed E-state index contributed by atoms with van der Waals surface area (Å²) in [6, 6.07) is 0. The van der Waals surface area contributed by atoms with E-state index in [0.29, 0.717) is 6.42 Å². The number of hydrogen-bond acceptors (Lipinski definition) is 5. The van der Waals surface area contributed by atoms with Gasteiger partial charge in [0.2, 0.25) is 5.78 Å². The average molecular weight is 531 g/mol. The molecule has 200 valence electrons. The summed E-state index contributed by atoms with van der Waals surface area (Å²) >= 11 is 6.01. The molecule has 0 saturated heterocycles. The van der Waals surface area contributed by atoms with Gasteiger partial charge in [-0.3, -0.25) is 14.4 Å². The van der Waals surface area contributed by atoms with Crippen LogP contribution in [0.3, 0.4) is 0 Å². The minimum absolute atomic E-state index is 0.0944. The number of halogens is 4. The van der Waals surface area contributed by atoms with E-state index in [1.165, 1.54) is 13.0 Å². The van der Waals surface area contributed by atoms with Gasteiger partial charge in [0.25, 0.3) is 0 Å². The quantitative estimate of drug-likeness (QED) is 0.380. The lowest BCUT2D eigenvalue weighted by atomic mass is 9.44. The molecule has 4 aliphatic rings. The molecule has 36 heavy (non-hydrogen) atoms. The number of rotatable bonds is 6. The summed E-state index contributed by atoms with van der Waals surface area (Å²) in [6.45, 7) is 6.64. The van der Waals surface area contributed by atoms with Crippen molar-refractivity contribution < 1.29 is 37.4 Å². The van der Waals surface area contributed by atoms with Crippen LogP contribution in [0.2, 0.25) is 0 Å². The topological polar surface area (TPSA) is 80.7 Å². The average Bonchev–Trinajstić information content (AvgIpc) is 3.03. The summed E-state index contributed by atoms with van der Waals surface area (Å²) in [7, 11) is 0. The van der Waals surface area contributed by atoms with Crippen LogP contribution in [0.25, 0.3) is 0 Å². The first-order valence-corrected chi connectivity index (χ1v) is 13.3. The van der Waals surface area contributed by atoms with Crippen molar-refractivity contribution in [2.75, 3.05) is 5.88 Å².